The molecular formula is C11H10N2O2S. The lowest BCUT2D eigenvalue weighted by Crippen LogP contribution is -2.00. The molecule has 4 nitrogen and oxygen atoms in total. The van der Waals surface area contributed by atoms with Crippen LogP contribution in [0.1, 0.15) is 34.8 Å². The molecule has 0 radical (unpaired) electrons. The van der Waals surface area contributed by atoms with Gasteiger partial charge in [0.25, 0.3) is 0 Å². The Kier molecular flexibility index (Phi) is 2.07. The zero-order valence-corrected chi connectivity index (χ0v) is 9.25. The van der Waals surface area contributed by atoms with Crippen LogP contribution in [0.3, 0.4) is 0 Å². The van der Waals surface area contributed by atoms with Gasteiger partial charge in [0.2, 0.25) is 0 Å². The lowest BCUT2D eigenvalue weighted by atomic mass is 10.1. The predicted molar refractivity (Wildman–Crippen MR) is 60.8 cm³/mol. The number of aromatic nitrogens is 2. The van der Waals surface area contributed by atoms with Crippen LogP contribution in [0.5, 0.6) is 0 Å². The number of nitrogens with zero attached hydrogens (tertiary/aromatic N) is 1. The molecule has 1 saturated carbocycles. The number of hydrogen-bond acceptors (Lipinski definition) is 3. The average Bonchev–Trinajstić information content (AvgIpc) is 2.83. The molecule has 0 aromatic carbocycles. The maximum atomic E-state index is 11.3. The molecule has 0 atom stereocenters. The lowest BCUT2D eigenvalue weighted by molar-refractivity contribution is 0.0696. The number of carboxylic acids is 1. The summed E-state index contributed by atoms with van der Waals surface area (Å²) in [5.74, 6) is -0.525. The Labute approximate surface area is 95.9 Å². The molecule has 2 aromatic heterocycles. The topological polar surface area (TPSA) is 66.0 Å². The third kappa shape index (κ3) is 1.44. The number of nitrogens with one attached hydrogen (secondary N) is 1. The molecule has 5 heteroatoms. The summed E-state index contributed by atoms with van der Waals surface area (Å²) >= 11 is 1.54. The molecule has 16 heavy (non-hydrogen) atoms. The molecule has 0 saturated heterocycles. The van der Waals surface area contributed by atoms with E-state index in [0.29, 0.717) is 17.2 Å². The molecule has 1 aliphatic carbocycles. The van der Waals surface area contributed by atoms with Crippen molar-refractivity contribution in [1.82, 2.24) is 10.2 Å². The normalized spacial score (nSPS) is 15.2. The van der Waals surface area contributed by atoms with E-state index in [2.05, 4.69) is 10.2 Å². The fourth-order valence-corrected chi connectivity index (χ4v) is 2.49. The summed E-state index contributed by atoms with van der Waals surface area (Å²) in [7, 11) is 0. The Morgan fingerprint density at radius 2 is 2.38 bits per heavy atom. The van der Waals surface area contributed by atoms with E-state index in [4.69, 9.17) is 0 Å². The number of rotatable bonds is 3. The van der Waals surface area contributed by atoms with Gasteiger partial charge in [0.1, 0.15) is 11.3 Å². The highest BCUT2D eigenvalue weighted by atomic mass is 32.1. The quantitative estimate of drug-likeness (QED) is 0.858. The van der Waals surface area contributed by atoms with E-state index >= 15 is 0 Å². The number of H-pyrrole nitrogens is 1. The highest BCUT2D eigenvalue weighted by Crippen LogP contribution is 2.42. The summed E-state index contributed by atoms with van der Waals surface area (Å²) in [6.07, 6.45) is 2.12. The SMILES string of the molecule is O=C(O)c1c(-c2ccsc2)n[nH]c1C1CC1. The first-order valence-electron chi connectivity index (χ1n) is 5.11. The van der Waals surface area contributed by atoms with Gasteiger partial charge in [-0.1, -0.05) is 0 Å². The minimum atomic E-state index is -0.892. The number of carboxylic acid groups (broad SMARTS) is 1. The Morgan fingerprint density at radius 1 is 1.56 bits per heavy atom. The fraction of sp³-hybridized carbons (Fsp3) is 0.273. The first kappa shape index (κ1) is 9.59. The Hall–Kier alpha value is -1.62. The van der Waals surface area contributed by atoms with Gasteiger partial charge >= 0.3 is 5.97 Å². The van der Waals surface area contributed by atoms with Crippen LogP contribution < -0.4 is 0 Å². The van der Waals surface area contributed by atoms with Gasteiger partial charge in [-0.15, -0.1) is 0 Å². The van der Waals surface area contributed by atoms with Crippen molar-refractivity contribution in [3.63, 3.8) is 0 Å². The van der Waals surface area contributed by atoms with E-state index < -0.39 is 5.97 Å². The molecule has 2 aromatic rings. The van der Waals surface area contributed by atoms with Crippen LogP contribution in [0.4, 0.5) is 0 Å². The van der Waals surface area contributed by atoms with Crippen molar-refractivity contribution in [1.29, 1.82) is 0 Å². The molecule has 0 amide bonds. The van der Waals surface area contributed by atoms with Crippen molar-refractivity contribution >= 4 is 17.3 Å². The summed E-state index contributed by atoms with van der Waals surface area (Å²) in [4.78, 5) is 11.3. The Bertz CT molecular complexity index is 526. The average molecular weight is 234 g/mol. The minimum absolute atomic E-state index is 0.348. The number of carbonyl (C=O) groups is 1. The van der Waals surface area contributed by atoms with Crippen LogP contribution >= 0.6 is 11.3 Å². The largest absolute Gasteiger partial charge is 0.478 e. The maximum absolute atomic E-state index is 11.3. The van der Waals surface area contributed by atoms with Gasteiger partial charge in [-0.2, -0.15) is 16.4 Å². The second kappa shape index (κ2) is 3.45. The van der Waals surface area contributed by atoms with Gasteiger partial charge < -0.3 is 5.11 Å². The van der Waals surface area contributed by atoms with E-state index in [1.807, 2.05) is 16.8 Å². The van der Waals surface area contributed by atoms with Crippen LogP contribution in [-0.2, 0) is 0 Å². The molecule has 0 aliphatic heterocycles. The first-order valence-corrected chi connectivity index (χ1v) is 6.06. The van der Waals surface area contributed by atoms with E-state index in [0.717, 1.165) is 24.1 Å². The monoisotopic (exact) mass is 234 g/mol. The molecule has 0 unspecified atom stereocenters. The summed E-state index contributed by atoms with van der Waals surface area (Å²) < 4.78 is 0. The van der Waals surface area contributed by atoms with Crippen LogP contribution in [0.15, 0.2) is 16.8 Å². The molecular weight excluding hydrogens is 224 g/mol. The second-order valence-corrected chi connectivity index (χ2v) is 4.73. The van der Waals surface area contributed by atoms with E-state index in [1.165, 1.54) is 0 Å². The zero-order chi connectivity index (χ0) is 11.1. The van der Waals surface area contributed by atoms with Crippen molar-refractivity contribution in [3.05, 3.63) is 28.1 Å². The smallest absolute Gasteiger partial charge is 0.339 e. The van der Waals surface area contributed by atoms with Crippen molar-refractivity contribution in [2.45, 2.75) is 18.8 Å². The van der Waals surface area contributed by atoms with Crippen molar-refractivity contribution in [2.24, 2.45) is 0 Å². The molecule has 2 heterocycles. The lowest BCUT2D eigenvalue weighted by Gasteiger charge is -1.97. The molecule has 3 rings (SSSR count). The van der Waals surface area contributed by atoms with Gasteiger partial charge in [-0.25, -0.2) is 4.79 Å². The third-order valence-corrected chi connectivity index (χ3v) is 3.47. The van der Waals surface area contributed by atoms with Crippen LogP contribution in [0, 0.1) is 0 Å². The minimum Gasteiger partial charge on any atom is -0.478 e. The summed E-state index contributed by atoms with van der Waals surface area (Å²) in [5.41, 5.74) is 2.58. The zero-order valence-electron chi connectivity index (χ0n) is 8.43. The van der Waals surface area contributed by atoms with Gasteiger partial charge in [0, 0.05) is 16.9 Å². The number of aromatic carboxylic acids is 1. The second-order valence-electron chi connectivity index (χ2n) is 3.95. The molecule has 0 spiro atoms. The standard InChI is InChI=1S/C11H10N2O2S/c14-11(15)8-9(6-1-2-6)12-13-10(8)7-3-4-16-5-7/h3-6H,1-2H2,(H,12,13)(H,14,15). The first-order chi connectivity index (χ1) is 7.77. The van der Waals surface area contributed by atoms with E-state index in [-0.39, 0.29) is 0 Å². The third-order valence-electron chi connectivity index (χ3n) is 2.79. The Balaban J connectivity index is 2.14. The number of hydrogen-bond donors (Lipinski definition) is 2. The highest BCUT2D eigenvalue weighted by Gasteiger charge is 2.32. The van der Waals surface area contributed by atoms with Gasteiger partial charge in [0.05, 0.1) is 5.69 Å². The summed E-state index contributed by atoms with van der Waals surface area (Å²) in [5, 5.41) is 20.1. The highest BCUT2D eigenvalue weighted by molar-refractivity contribution is 7.08. The maximum Gasteiger partial charge on any atom is 0.339 e. The predicted octanol–water partition coefficient (Wildman–Crippen LogP) is 2.71. The fourth-order valence-electron chi connectivity index (χ4n) is 1.85. The molecule has 2 N–H and O–H groups in total. The Morgan fingerprint density at radius 3 is 2.94 bits per heavy atom. The number of thiophene rings is 1. The summed E-state index contributed by atoms with van der Waals surface area (Å²) in [6, 6.07) is 1.89. The molecule has 82 valence electrons. The van der Waals surface area contributed by atoms with E-state index in [9.17, 15) is 9.90 Å². The van der Waals surface area contributed by atoms with E-state index in [1.54, 1.807) is 11.3 Å². The van der Waals surface area contributed by atoms with Gasteiger partial charge in [-0.05, 0) is 24.3 Å². The molecule has 1 fully saturated rings. The molecule has 1 aliphatic rings. The van der Waals surface area contributed by atoms with Gasteiger partial charge in [0.15, 0.2) is 0 Å². The van der Waals surface area contributed by atoms with Gasteiger partial charge in [-0.3, -0.25) is 5.10 Å². The van der Waals surface area contributed by atoms with Crippen molar-refractivity contribution in [3.8, 4) is 11.3 Å². The van der Waals surface area contributed by atoms with Crippen molar-refractivity contribution in [2.75, 3.05) is 0 Å². The van der Waals surface area contributed by atoms with Crippen molar-refractivity contribution < 1.29 is 9.90 Å². The van der Waals surface area contributed by atoms with Crippen LogP contribution in [-0.4, -0.2) is 21.3 Å². The molecule has 0 bridgehead atoms. The summed E-state index contributed by atoms with van der Waals surface area (Å²) in [6.45, 7) is 0. The van der Waals surface area contributed by atoms with Crippen LogP contribution in [0.2, 0.25) is 0 Å². The number of aromatic amines is 1. The van der Waals surface area contributed by atoms with Crippen LogP contribution in [0.25, 0.3) is 11.3 Å².